The fraction of sp³-hybridized carbons (Fsp3) is 0.444. The molecule has 118 valence electrons. The summed E-state index contributed by atoms with van der Waals surface area (Å²) in [5, 5.41) is 0. The van der Waals surface area contributed by atoms with Crippen molar-refractivity contribution in [3.8, 4) is 0 Å². The Morgan fingerprint density at radius 3 is 1.55 bits per heavy atom. The summed E-state index contributed by atoms with van der Waals surface area (Å²) in [7, 11) is 0. The molecular weight excluding hydrogens is 280 g/mol. The highest BCUT2D eigenvalue weighted by Crippen LogP contribution is 2.34. The minimum absolute atomic E-state index is 0.554. The second kappa shape index (κ2) is 5.95. The van der Waals surface area contributed by atoms with Crippen LogP contribution >= 0.6 is 0 Å². The molecule has 2 atom stereocenters. The van der Waals surface area contributed by atoms with E-state index in [4.69, 9.17) is 9.78 Å². The van der Waals surface area contributed by atoms with Gasteiger partial charge >= 0.3 is 11.9 Å². The smallest absolute Gasteiger partial charge is 0.246 e. The van der Waals surface area contributed by atoms with Crippen molar-refractivity contribution in [3.63, 3.8) is 0 Å². The Kier molecular flexibility index (Phi) is 4.40. The summed E-state index contributed by atoms with van der Waals surface area (Å²) in [5.41, 5.74) is 0.573. The monoisotopic (exact) mass is 302 g/mol. The Labute approximate surface area is 131 Å². The predicted molar refractivity (Wildman–Crippen MR) is 83.4 cm³/mol. The molecular formula is C18H22O4. The van der Waals surface area contributed by atoms with E-state index in [1.54, 1.807) is 26.0 Å². The van der Waals surface area contributed by atoms with Gasteiger partial charge in [-0.25, -0.2) is 19.4 Å². The zero-order valence-electron chi connectivity index (χ0n) is 13.5. The van der Waals surface area contributed by atoms with Crippen LogP contribution in [0.5, 0.6) is 0 Å². The lowest BCUT2D eigenvalue weighted by Gasteiger charge is -2.27. The highest BCUT2D eigenvalue weighted by molar-refractivity contribution is 5.82. The molecule has 2 aliphatic rings. The van der Waals surface area contributed by atoms with E-state index in [-0.39, 0.29) is 0 Å². The van der Waals surface area contributed by atoms with Crippen LogP contribution in [0.2, 0.25) is 0 Å². The van der Waals surface area contributed by atoms with Crippen molar-refractivity contribution in [1.82, 2.24) is 0 Å². The molecule has 0 amide bonds. The second-order valence-corrected chi connectivity index (χ2v) is 6.67. The average molecular weight is 302 g/mol. The zero-order chi connectivity index (χ0) is 16.4. The van der Waals surface area contributed by atoms with Gasteiger partial charge in [0.25, 0.3) is 0 Å². The fourth-order valence-corrected chi connectivity index (χ4v) is 2.79. The lowest BCUT2D eigenvalue weighted by Crippen LogP contribution is -2.34. The molecule has 0 radical (unpaired) electrons. The van der Waals surface area contributed by atoms with E-state index in [0.717, 1.165) is 11.1 Å². The number of allylic oxidation sites excluding steroid dienone is 6. The van der Waals surface area contributed by atoms with Crippen LogP contribution in [0.15, 0.2) is 47.6 Å². The maximum Gasteiger partial charge on any atom is 0.365 e. The first-order chi connectivity index (χ1) is 10.3. The van der Waals surface area contributed by atoms with Crippen molar-refractivity contribution in [3.05, 3.63) is 47.6 Å². The van der Waals surface area contributed by atoms with Gasteiger partial charge in [-0.1, -0.05) is 47.6 Å². The Balaban J connectivity index is 1.96. The van der Waals surface area contributed by atoms with Crippen molar-refractivity contribution in [2.45, 2.75) is 40.5 Å². The van der Waals surface area contributed by atoms with Gasteiger partial charge in [-0.3, -0.25) is 0 Å². The predicted octanol–water partition coefficient (Wildman–Crippen LogP) is 3.81. The average Bonchev–Trinajstić information content (AvgIpc) is 2.43. The fourth-order valence-electron chi connectivity index (χ4n) is 2.79. The Morgan fingerprint density at radius 2 is 1.23 bits per heavy atom. The molecule has 0 fully saturated rings. The number of hydrogen-bond acceptors (Lipinski definition) is 4. The molecule has 0 aromatic heterocycles. The molecule has 22 heavy (non-hydrogen) atoms. The molecule has 4 nitrogen and oxygen atoms in total. The van der Waals surface area contributed by atoms with Gasteiger partial charge in [-0.05, 0) is 40.5 Å². The highest BCUT2D eigenvalue weighted by atomic mass is 17.2. The second-order valence-electron chi connectivity index (χ2n) is 6.67. The van der Waals surface area contributed by atoms with Crippen LogP contribution in [0.4, 0.5) is 0 Å². The van der Waals surface area contributed by atoms with Crippen LogP contribution in [-0.2, 0) is 19.4 Å². The van der Waals surface area contributed by atoms with E-state index in [1.807, 2.05) is 38.2 Å². The molecule has 2 unspecified atom stereocenters. The minimum Gasteiger partial charge on any atom is -0.246 e. The van der Waals surface area contributed by atoms with Crippen LogP contribution in [0.25, 0.3) is 0 Å². The lowest BCUT2D eigenvalue weighted by atomic mass is 9.80. The van der Waals surface area contributed by atoms with Gasteiger partial charge in [0, 0.05) is 0 Å². The number of carbonyl (C=O) groups is 2. The van der Waals surface area contributed by atoms with E-state index in [2.05, 4.69) is 0 Å². The third-order valence-electron chi connectivity index (χ3n) is 4.11. The van der Waals surface area contributed by atoms with Crippen molar-refractivity contribution >= 4 is 11.9 Å². The quantitative estimate of drug-likeness (QED) is 0.575. The molecule has 4 heteroatoms. The SMILES string of the molecule is CC1=CC=CC(C)(C(=O)OOC(=O)C2(C)C=CC=C(C)C2)C1. The molecule has 0 aromatic rings. The first-order valence-electron chi connectivity index (χ1n) is 7.39. The molecule has 0 N–H and O–H groups in total. The topological polar surface area (TPSA) is 52.6 Å². The maximum absolute atomic E-state index is 12.2. The van der Waals surface area contributed by atoms with E-state index >= 15 is 0 Å². The summed E-state index contributed by atoms with van der Waals surface area (Å²) in [6.45, 7) is 7.44. The molecule has 0 heterocycles. The third-order valence-corrected chi connectivity index (χ3v) is 4.11. The summed E-state index contributed by atoms with van der Waals surface area (Å²) < 4.78 is 0. The van der Waals surface area contributed by atoms with Crippen LogP contribution in [-0.4, -0.2) is 11.9 Å². The van der Waals surface area contributed by atoms with Gasteiger partial charge in [-0.2, -0.15) is 0 Å². The number of rotatable bonds is 2. The zero-order valence-corrected chi connectivity index (χ0v) is 13.5. The van der Waals surface area contributed by atoms with Gasteiger partial charge in [0.05, 0.1) is 10.8 Å². The van der Waals surface area contributed by atoms with Gasteiger partial charge in [0.1, 0.15) is 0 Å². The van der Waals surface area contributed by atoms with Crippen molar-refractivity contribution in [2.24, 2.45) is 10.8 Å². The third kappa shape index (κ3) is 3.38. The largest absolute Gasteiger partial charge is 0.365 e. The molecule has 0 bridgehead atoms. The van der Waals surface area contributed by atoms with Gasteiger partial charge in [-0.15, -0.1) is 0 Å². The number of carbonyl (C=O) groups excluding carboxylic acids is 2. The normalized spacial score (nSPS) is 30.4. The van der Waals surface area contributed by atoms with E-state index in [1.165, 1.54) is 0 Å². The molecule has 0 saturated carbocycles. The molecule has 0 spiro atoms. The van der Waals surface area contributed by atoms with Crippen LogP contribution in [0.1, 0.15) is 40.5 Å². The maximum atomic E-state index is 12.2. The molecule has 0 aliphatic heterocycles. The summed E-state index contributed by atoms with van der Waals surface area (Å²) >= 11 is 0. The summed E-state index contributed by atoms with van der Waals surface area (Å²) in [4.78, 5) is 34.1. The lowest BCUT2D eigenvalue weighted by molar-refractivity contribution is -0.269. The summed E-state index contributed by atoms with van der Waals surface area (Å²) in [6, 6.07) is 0. The number of hydrogen-bond donors (Lipinski definition) is 0. The standard InChI is InChI=1S/C18H22O4/c1-13-7-5-9-17(3,11-13)15(19)21-22-16(20)18(4)10-6-8-14(2)12-18/h5-10H,11-12H2,1-4H3. The highest BCUT2D eigenvalue weighted by Gasteiger charge is 2.39. The summed E-state index contributed by atoms with van der Waals surface area (Å²) in [6.07, 6.45) is 12.2. The molecule has 0 aromatic carbocycles. The first-order valence-corrected chi connectivity index (χ1v) is 7.39. The Hall–Kier alpha value is -2.10. The van der Waals surface area contributed by atoms with E-state index in [9.17, 15) is 9.59 Å². The Morgan fingerprint density at radius 1 is 0.864 bits per heavy atom. The van der Waals surface area contributed by atoms with Crippen LogP contribution in [0.3, 0.4) is 0 Å². The van der Waals surface area contributed by atoms with Crippen molar-refractivity contribution in [1.29, 1.82) is 0 Å². The summed E-state index contributed by atoms with van der Waals surface area (Å²) in [5.74, 6) is -1.11. The van der Waals surface area contributed by atoms with Crippen LogP contribution in [0, 0.1) is 10.8 Å². The van der Waals surface area contributed by atoms with Crippen molar-refractivity contribution in [2.75, 3.05) is 0 Å². The van der Waals surface area contributed by atoms with Gasteiger partial charge in [0.15, 0.2) is 0 Å². The van der Waals surface area contributed by atoms with Gasteiger partial charge < -0.3 is 0 Å². The molecule has 2 aliphatic carbocycles. The van der Waals surface area contributed by atoms with Crippen molar-refractivity contribution < 1.29 is 19.4 Å². The Bertz CT molecular complexity index is 555. The first kappa shape index (κ1) is 16.3. The molecule has 0 saturated heterocycles. The van der Waals surface area contributed by atoms with Gasteiger partial charge in [0.2, 0.25) is 0 Å². The van der Waals surface area contributed by atoms with E-state index in [0.29, 0.717) is 12.8 Å². The minimum atomic E-state index is -0.793. The van der Waals surface area contributed by atoms with E-state index < -0.39 is 22.8 Å². The van der Waals surface area contributed by atoms with Crippen LogP contribution < -0.4 is 0 Å². The molecule has 2 rings (SSSR count).